The molecule has 0 spiro atoms. The first-order valence-corrected chi connectivity index (χ1v) is 6.64. The van der Waals surface area contributed by atoms with Crippen LogP contribution in [0.3, 0.4) is 0 Å². The number of nitrogens with one attached hydrogen (secondary N) is 1. The third kappa shape index (κ3) is 3.64. The average molecular weight is 329 g/mol. The Morgan fingerprint density at radius 3 is 2.76 bits per heavy atom. The number of carbonyl (C=O) groups is 1. The lowest BCUT2D eigenvalue weighted by Crippen LogP contribution is -2.30. The van der Waals surface area contributed by atoms with E-state index in [1.54, 1.807) is 18.2 Å². The van der Waals surface area contributed by atoms with Gasteiger partial charge in [-0.25, -0.2) is 10.2 Å². The van der Waals surface area contributed by atoms with Gasteiger partial charge in [0.2, 0.25) is 0 Å². The van der Waals surface area contributed by atoms with Crippen LogP contribution < -0.4 is 16.0 Å². The van der Waals surface area contributed by atoms with Crippen molar-refractivity contribution < 1.29 is 13.9 Å². The zero-order valence-electron chi connectivity index (χ0n) is 10.7. The van der Waals surface area contributed by atoms with Gasteiger partial charge in [-0.2, -0.15) is 0 Å². The fourth-order valence-electron chi connectivity index (χ4n) is 1.66. The smallest absolute Gasteiger partial charge is 0.265 e. The van der Waals surface area contributed by atoms with Crippen molar-refractivity contribution in [2.75, 3.05) is 0 Å². The van der Waals surface area contributed by atoms with Crippen molar-refractivity contribution in [3.8, 4) is 5.75 Å². The predicted molar refractivity (Wildman–Crippen MR) is 78.8 cm³/mol. The van der Waals surface area contributed by atoms with Gasteiger partial charge in [-0.1, -0.05) is 29.3 Å². The molecule has 0 aliphatic carbocycles. The number of hydrazine groups is 1. The molecule has 0 heterocycles. The molecule has 0 aliphatic heterocycles. The second-order valence-electron chi connectivity index (χ2n) is 4.12. The van der Waals surface area contributed by atoms with E-state index in [1.165, 1.54) is 18.2 Å². The fraction of sp³-hybridized carbons (Fsp3) is 0.0714. The van der Waals surface area contributed by atoms with Gasteiger partial charge < -0.3 is 4.74 Å². The number of carbonyl (C=O) groups excluding carboxylic acids is 1. The summed E-state index contributed by atoms with van der Waals surface area (Å²) in [7, 11) is 0. The maximum atomic E-state index is 13.7. The Morgan fingerprint density at radius 1 is 1.29 bits per heavy atom. The molecule has 2 aromatic carbocycles. The van der Waals surface area contributed by atoms with Gasteiger partial charge in [0.15, 0.2) is 0 Å². The second kappa shape index (κ2) is 6.76. The van der Waals surface area contributed by atoms with Crippen molar-refractivity contribution >= 4 is 29.1 Å². The molecule has 0 atom stereocenters. The normalized spacial score (nSPS) is 10.3. The molecule has 0 unspecified atom stereocenters. The Kier molecular flexibility index (Phi) is 5.01. The van der Waals surface area contributed by atoms with Crippen molar-refractivity contribution in [1.29, 1.82) is 0 Å². The van der Waals surface area contributed by atoms with Gasteiger partial charge in [-0.3, -0.25) is 10.2 Å². The third-order valence-corrected chi connectivity index (χ3v) is 3.54. The van der Waals surface area contributed by atoms with Crippen molar-refractivity contribution in [1.82, 2.24) is 5.43 Å². The minimum absolute atomic E-state index is 0.0996. The monoisotopic (exact) mass is 328 g/mol. The van der Waals surface area contributed by atoms with Gasteiger partial charge in [0, 0.05) is 11.1 Å². The van der Waals surface area contributed by atoms with Crippen LogP contribution in [0.15, 0.2) is 36.4 Å². The molecule has 7 heteroatoms. The molecule has 4 nitrogen and oxygen atoms in total. The van der Waals surface area contributed by atoms with Crippen LogP contribution in [0, 0.1) is 5.82 Å². The van der Waals surface area contributed by atoms with E-state index in [1.807, 2.05) is 5.43 Å². The van der Waals surface area contributed by atoms with Gasteiger partial charge in [-0.05, 0) is 30.3 Å². The van der Waals surface area contributed by atoms with Crippen LogP contribution in [0.4, 0.5) is 4.39 Å². The lowest BCUT2D eigenvalue weighted by molar-refractivity contribution is 0.0953. The van der Waals surface area contributed by atoms with Gasteiger partial charge in [0.25, 0.3) is 5.91 Å². The molecular formula is C14H11Cl2FN2O2. The molecule has 1 amide bonds. The molecular weight excluding hydrogens is 318 g/mol. The molecule has 2 rings (SSSR count). The summed E-state index contributed by atoms with van der Waals surface area (Å²) in [6.45, 7) is -0.0996. The number of benzene rings is 2. The first kappa shape index (κ1) is 15.6. The molecule has 2 aromatic rings. The first-order valence-electron chi connectivity index (χ1n) is 5.89. The Labute approximate surface area is 130 Å². The highest BCUT2D eigenvalue weighted by Gasteiger charge is 2.11. The predicted octanol–water partition coefficient (Wildman–Crippen LogP) is 3.32. The molecule has 0 aliphatic rings. The molecule has 0 saturated heterocycles. The molecule has 0 aromatic heterocycles. The molecule has 0 bridgehead atoms. The average Bonchev–Trinajstić information content (AvgIpc) is 2.49. The highest BCUT2D eigenvalue weighted by atomic mass is 35.5. The number of hydrogen-bond donors (Lipinski definition) is 2. The van der Waals surface area contributed by atoms with E-state index in [0.29, 0.717) is 10.8 Å². The minimum Gasteiger partial charge on any atom is -0.487 e. The van der Waals surface area contributed by atoms with E-state index in [2.05, 4.69) is 0 Å². The van der Waals surface area contributed by atoms with Crippen LogP contribution in [0.25, 0.3) is 0 Å². The standard InChI is InChI=1S/C14H11Cl2FN2O2/c15-10-2-1-3-12(13(10)16)21-7-9-6-8(14(20)19-18)4-5-11(9)17/h1-6H,7,18H2,(H,19,20). The van der Waals surface area contributed by atoms with Crippen LogP contribution in [-0.2, 0) is 6.61 Å². The summed E-state index contributed by atoms with van der Waals surface area (Å²) in [6.07, 6.45) is 0. The van der Waals surface area contributed by atoms with Gasteiger partial charge >= 0.3 is 0 Å². The summed E-state index contributed by atoms with van der Waals surface area (Å²) >= 11 is 11.8. The summed E-state index contributed by atoms with van der Waals surface area (Å²) in [4.78, 5) is 11.4. The third-order valence-electron chi connectivity index (χ3n) is 2.74. The van der Waals surface area contributed by atoms with Crippen LogP contribution in [0.5, 0.6) is 5.75 Å². The Hall–Kier alpha value is -1.82. The molecule has 3 N–H and O–H groups in total. The second-order valence-corrected chi connectivity index (χ2v) is 4.91. The SMILES string of the molecule is NNC(=O)c1ccc(F)c(COc2cccc(Cl)c2Cl)c1. The number of nitrogen functional groups attached to an aromatic ring is 1. The van der Waals surface area contributed by atoms with Crippen molar-refractivity contribution in [3.63, 3.8) is 0 Å². The van der Waals surface area contributed by atoms with Gasteiger partial charge in [0.05, 0.1) is 5.02 Å². The Bertz CT molecular complexity index is 680. The number of nitrogens with two attached hydrogens (primary N) is 1. The molecule has 0 fully saturated rings. The van der Waals surface area contributed by atoms with Crippen LogP contribution in [0.1, 0.15) is 15.9 Å². The Morgan fingerprint density at radius 2 is 2.05 bits per heavy atom. The summed E-state index contributed by atoms with van der Waals surface area (Å²) in [5.41, 5.74) is 2.41. The minimum atomic E-state index is -0.517. The zero-order chi connectivity index (χ0) is 15.4. The largest absolute Gasteiger partial charge is 0.487 e. The fourth-order valence-corrected chi connectivity index (χ4v) is 2.01. The number of amides is 1. The van der Waals surface area contributed by atoms with E-state index in [-0.39, 0.29) is 22.8 Å². The van der Waals surface area contributed by atoms with E-state index in [0.717, 1.165) is 0 Å². The summed E-state index contributed by atoms with van der Waals surface area (Å²) < 4.78 is 19.2. The maximum absolute atomic E-state index is 13.7. The van der Waals surface area contributed by atoms with Crippen molar-refractivity contribution in [2.24, 2.45) is 5.84 Å². The lowest BCUT2D eigenvalue weighted by Gasteiger charge is -2.10. The highest BCUT2D eigenvalue weighted by Crippen LogP contribution is 2.32. The van der Waals surface area contributed by atoms with E-state index in [9.17, 15) is 9.18 Å². The summed E-state index contributed by atoms with van der Waals surface area (Å²) in [5, 5.41) is 0.585. The number of halogens is 3. The van der Waals surface area contributed by atoms with Crippen molar-refractivity contribution in [2.45, 2.75) is 6.61 Å². The topological polar surface area (TPSA) is 64.3 Å². The number of ether oxygens (including phenoxy) is 1. The quantitative estimate of drug-likeness (QED) is 0.514. The zero-order valence-corrected chi connectivity index (χ0v) is 12.2. The van der Waals surface area contributed by atoms with Crippen LogP contribution >= 0.6 is 23.2 Å². The van der Waals surface area contributed by atoms with Gasteiger partial charge in [-0.15, -0.1) is 0 Å². The molecule has 110 valence electrons. The maximum Gasteiger partial charge on any atom is 0.265 e. The molecule has 0 radical (unpaired) electrons. The molecule has 21 heavy (non-hydrogen) atoms. The molecule has 0 saturated carbocycles. The van der Waals surface area contributed by atoms with E-state index < -0.39 is 11.7 Å². The van der Waals surface area contributed by atoms with Crippen LogP contribution in [0.2, 0.25) is 10.0 Å². The van der Waals surface area contributed by atoms with E-state index >= 15 is 0 Å². The number of hydrogen-bond acceptors (Lipinski definition) is 3. The summed E-state index contributed by atoms with van der Waals surface area (Å²) in [6, 6.07) is 8.75. The number of rotatable bonds is 4. The highest BCUT2D eigenvalue weighted by molar-refractivity contribution is 6.42. The Balaban J connectivity index is 2.19. The van der Waals surface area contributed by atoms with Crippen molar-refractivity contribution in [3.05, 3.63) is 63.4 Å². The van der Waals surface area contributed by atoms with E-state index in [4.69, 9.17) is 33.8 Å². The lowest BCUT2D eigenvalue weighted by atomic mass is 10.1. The first-order chi connectivity index (χ1) is 10.0. The van der Waals surface area contributed by atoms with Crippen LogP contribution in [-0.4, -0.2) is 5.91 Å². The summed E-state index contributed by atoms with van der Waals surface area (Å²) in [5.74, 6) is 4.35. The van der Waals surface area contributed by atoms with Gasteiger partial charge in [0.1, 0.15) is 23.2 Å².